The van der Waals surface area contributed by atoms with E-state index in [1.54, 1.807) is 0 Å². The molecule has 0 aliphatic heterocycles. The quantitative estimate of drug-likeness (QED) is 0.802. The first-order valence-electron chi connectivity index (χ1n) is 6.17. The molecular weight excluding hydrogens is 212 g/mol. The second-order valence-electron chi connectivity index (χ2n) is 4.76. The predicted molar refractivity (Wildman–Crippen MR) is 67.9 cm³/mol. The molecular formula is C15H18O2. The fraction of sp³-hybridized carbons (Fsp3) is 0.400. The molecule has 0 spiro atoms. The second-order valence-corrected chi connectivity index (χ2v) is 4.76. The third kappa shape index (κ3) is 2.57. The average molecular weight is 230 g/mol. The summed E-state index contributed by atoms with van der Waals surface area (Å²) in [6.07, 6.45) is 4.65. The summed E-state index contributed by atoms with van der Waals surface area (Å²) < 4.78 is 0. The highest BCUT2D eigenvalue weighted by Crippen LogP contribution is 2.41. The highest BCUT2D eigenvalue weighted by atomic mass is 16.4. The minimum atomic E-state index is -0.870. The zero-order valence-electron chi connectivity index (χ0n) is 9.93. The lowest BCUT2D eigenvalue weighted by atomic mass is 9.80. The maximum Gasteiger partial charge on any atom is 0.331 e. The molecule has 1 aliphatic rings. The van der Waals surface area contributed by atoms with Crippen molar-refractivity contribution in [3.8, 4) is 0 Å². The molecule has 0 aromatic heterocycles. The molecule has 1 fully saturated rings. The van der Waals surface area contributed by atoms with Crippen LogP contribution in [0, 0.1) is 5.92 Å². The van der Waals surface area contributed by atoms with Crippen molar-refractivity contribution < 1.29 is 9.90 Å². The van der Waals surface area contributed by atoms with E-state index >= 15 is 0 Å². The van der Waals surface area contributed by atoms with Crippen LogP contribution in [0.2, 0.25) is 0 Å². The third-order valence-electron chi connectivity index (χ3n) is 3.68. The van der Waals surface area contributed by atoms with Gasteiger partial charge in [0.25, 0.3) is 0 Å². The summed E-state index contributed by atoms with van der Waals surface area (Å²) in [4.78, 5) is 11.2. The van der Waals surface area contributed by atoms with Gasteiger partial charge in [0.15, 0.2) is 0 Å². The summed E-state index contributed by atoms with van der Waals surface area (Å²) in [7, 11) is 0. The van der Waals surface area contributed by atoms with Gasteiger partial charge in [0.2, 0.25) is 0 Å². The van der Waals surface area contributed by atoms with Crippen LogP contribution in [0.25, 0.3) is 0 Å². The number of hydrogen-bond donors (Lipinski definition) is 1. The van der Waals surface area contributed by atoms with Crippen molar-refractivity contribution in [1.29, 1.82) is 0 Å². The van der Waals surface area contributed by atoms with Crippen LogP contribution in [0.1, 0.15) is 37.2 Å². The van der Waals surface area contributed by atoms with Crippen molar-refractivity contribution >= 4 is 5.97 Å². The Morgan fingerprint density at radius 2 is 1.82 bits per heavy atom. The van der Waals surface area contributed by atoms with Crippen LogP contribution >= 0.6 is 0 Å². The van der Waals surface area contributed by atoms with Gasteiger partial charge in [-0.2, -0.15) is 0 Å². The Hall–Kier alpha value is -1.57. The van der Waals surface area contributed by atoms with Crippen molar-refractivity contribution in [2.24, 2.45) is 5.92 Å². The van der Waals surface area contributed by atoms with E-state index in [4.69, 9.17) is 0 Å². The Labute approximate surface area is 102 Å². The second kappa shape index (κ2) is 5.17. The fourth-order valence-corrected chi connectivity index (χ4v) is 2.84. The van der Waals surface area contributed by atoms with Gasteiger partial charge in [-0.3, -0.25) is 0 Å². The molecule has 17 heavy (non-hydrogen) atoms. The number of benzene rings is 1. The lowest BCUT2D eigenvalue weighted by molar-refractivity contribution is -0.133. The summed E-state index contributed by atoms with van der Waals surface area (Å²) in [6, 6.07) is 9.91. The van der Waals surface area contributed by atoms with Crippen molar-refractivity contribution in [3.63, 3.8) is 0 Å². The van der Waals surface area contributed by atoms with Crippen LogP contribution in [0.4, 0.5) is 0 Å². The van der Waals surface area contributed by atoms with Crippen molar-refractivity contribution in [3.05, 3.63) is 48.0 Å². The van der Waals surface area contributed by atoms with Gasteiger partial charge >= 0.3 is 5.97 Å². The van der Waals surface area contributed by atoms with Crippen molar-refractivity contribution in [2.45, 2.75) is 31.6 Å². The van der Waals surface area contributed by atoms with Gasteiger partial charge < -0.3 is 5.11 Å². The molecule has 2 rings (SSSR count). The van der Waals surface area contributed by atoms with Gasteiger partial charge in [0.1, 0.15) is 0 Å². The molecule has 90 valence electrons. The van der Waals surface area contributed by atoms with Gasteiger partial charge in [-0.25, -0.2) is 4.79 Å². The molecule has 0 bridgehead atoms. The molecule has 0 heterocycles. The highest BCUT2D eigenvalue weighted by molar-refractivity contribution is 5.87. The summed E-state index contributed by atoms with van der Waals surface area (Å²) in [5, 5.41) is 9.17. The molecule has 1 N–H and O–H groups in total. The molecule has 1 aromatic rings. The van der Waals surface area contributed by atoms with Gasteiger partial charge in [-0.1, -0.05) is 49.8 Å². The zero-order chi connectivity index (χ0) is 12.3. The van der Waals surface area contributed by atoms with Crippen molar-refractivity contribution in [1.82, 2.24) is 0 Å². The SMILES string of the molecule is C=C(C(=O)O)C(c1ccccc1)C1CCCC1. The maximum absolute atomic E-state index is 11.2. The van der Waals surface area contributed by atoms with Crippen molar-refractivity contribution in [2.75, 3.05) is 0 Å². The number of rotatable bonds is 4. The molecule has 1 aliphatic carbocycles. The van der Waals surface area contributed by atoms with Crippen LogP contribution in [0.3, 0.4) is 0 Å². The van der Waals surface area contributed by atoms with Crippen LogP contribution in [0.5, 0.6) is 0 Å². The largest absolute Gasteiger partial charge is 0.478 e. The molecule has 1 unspecified atom stereocenters. The van der Waals surface area contributed by atoms with E-state index in [0.29, 0.717) is 11.5 Å². The van der Waals surface area contributed by atoms with E-state index < -0.39 is 5.97 Å². The Kier molecular flexibility index (Phi) is 3.62. The molecule has 1 saturated carbocycles. The third-order valence-corrected chi connectivity index (χ3v) is 3.68. The monoisotopic (exact) mass is 230 g/mol. The van der Waals surface area contributed by atoms with Gasteiger partial charge in [-0.15, -0.1) is 0 Å². The number of carbonyl (C=O) groups is 1. The van der Waals surface area contributed by atoms with Crippen LogP contribution < -0.4 is 0 Å². The normalized spacial score (nSPS) is 17.9. The first-order chi connectivity index (χ1) is 8.20. The van der Waals surface area contributed by atoms with Crippen LogP contribution in [-0.4, -0.2) is 11.1 Å². The number of carboxylic acid groups (broad SMARTS) is 1. The smallest absolute Gasteiger partial charge is 0.331 e. The van der Waals surface area contributed by atoms with Crippen LogP contribution in [-0.2, 0) is 4.79 Å². The molecule has 2 heteroatoms. The molecule has 1 atom stereocenters. The average Bonchev–Trinajstić information content (AvgIpc) is 2.84. The summed E-state index contributed by atoms with van der Waals surface area (Å²) >= 11 is 0. The van der Waals surface area contributed by atoms with E-state index in [-0.39, 0.29) is 5.92 Å². The minimum Gasteiger partial charge on any atom is -0.478 e. The zero-order valence-corrected chi connectivity index (χ0v) is 9.93. The lowest BCUT2D eigenvalue weighted by Gasteiger charge is -2.24. The standard InChI is InChI=1S/C15H18O2/c1-11(15(16)17)14(13-9-5-6-10-13)12-7-3-2-4-8-12/h2-4,7-8,13-14H,1,5-6,9-10H2,(H,16,17). The lowest BCUT2D eigenvalue weighted by Crippen LogP contribution is -2.17. The molecule has 0 radical (unpaired) electrons. The maximum atomic E-state index is 11.2. The van der Waals surface area contributed by atoms with Gasteiger partial charge in [0.05, 0.1) is 0 Å². The number of aliphatic carboxylic acids is 1. The van der Waals surface area contributed by atoms with E-state index in [1.165, 1.54) is 12.8 Å². The van der Waals surface area contributed by atoms with Gasteiger partial charge in [0, 0.05) is 11.5 Å². The highest BCUT2D eigenvalue weighted by Gasteiger charge is 2.30. The summed E-state index contributed by atoms with van der Waals surface area (Å²) in [6.45, 7) is 3.78. The van der Waals surface area contributed by atoms with E-state index in [9.17, 15) is 9.90 Å². The Balaban J connectivity index is 2.30. The molecule has 1 aromatic carbocycles. The van der Waals surface area contributed by atoms with Gasteiger partial charge in [-0.05, 0) is 24.3 Å². The van der Waals surface area contributed by atoms with E-state index in [0.717, 1.165) is 18.4 Å². The first kappa shape index (κ1) is 11.9. The predicted octanol–water partition coefficient (Wildman–Crippen LogP) is 3.60. The summed E-state index contributed by atoms with van der Waals surface area (Å²) in [5.41, 5.74) is 1.43. The molecule has 2 nitrogen and oxygen atoms in total. The topological polar surface area (TPSA) is 37.3 Å². The minimum absolute atomic E-state index is 0.0174. The van der Waals surface area contributed by atoms with E-state index in [2.05, 4.69) is 6.58 Å². The number of carboxylic acids is 1. The Morgan fingerprint density at radius 1 is 1.24 bits per heavy atom. The fourth-order valence-electron chi connectivity index (χ4n) is 2.84. The van der Waals surface area contributed by atoms with Crippen LogP contribution in [0.15, 0.2) is 42.5 Å². The Morgan fingerprint density at radius 3 is 2.35 bits per heavy atom. The summed E-state index contributed by atoms with van der Waals surface area (Å²) in [5.74, 6) is -0.442. The first-order valence-corrected chi connectivity index (χ1v) is 6.17. The number of hydrogen-bond acceptors (Lipinski definition) is 1. The van der Waals surface area contributed by atoms with E-state index in [1.807, 2.05) is 30.3 Å². The Bertz CT molecular complexity index is 402. The molecule has 0 amide bonds. The molecule has 0 saturated heterocycles.